The standard InChI is InChI=1S/C24H22O4/c1-18-8-6-7-11-21(18)27-17-24(25)28-22-15-14-20(16-23(22)26-2)13-12-19-9-4-3-5-10-19/h3-16H,17H2,1-2H3/b13-12+. The Morgan fingerprint density at radius 1 is 0.821 bits per heavy atom. The van der Waals surface area contributed by atoms with Gasteiger partial charge in [-0.2, -0.15) is 0 Å². The molecule has 0 bridgehead atoms. The minimum Gasteiger partial charge on any atom is -0.493 e. The smallest absolute Gasteiger partial charge is 0.349 e. The zero-order valence-corrected chi connectivity index (χ0v) is 15.9. The third kappa shape index (κ3) is 5.24. The topological polar surface area (TPSA) is 44.8 Å². The molecule has 0 heterocycles. The molecule has 0 amide bonds. The second-order valence-electron chi connectivity index (χ2n) is 6.18. The van der Waals surface area contributed by atoms with E-state index >= 15 is 0 Å². The molecular formula is C24H22O4. The Morgan fingerprint density at radius 2 is 1.54 bits per heavy atom. The fourth-order valence-corrected chi connectivity index (χ4v) is 2.64. The number of hydrogen-bond donors (Lipinski definition) is 0. The molecule has 0 aliphatic rings. The molecule has 28 heavy (non-hydrogen) atoms. The van der Waals surface area contributed by atoms with Crippen LogP contribution in [-0.2, 0) is 4.79 Å². The highest BCUT2D eigenvalue weighted by Gasteiger charge is 2.12. The molecule has 0 atom stereocenters. The van der Waals surface area contributed by atoms with Crippen LogP contribution in [0.1, 0.15) is 16.7 Å². The number of ether oxygens (including phenoxy) is 3. The lowest BCUT2D eigenvalue weighted by atomic mass is 10.1. The van der Waals surface area contributed by atoms with Crippen LogP contribution in [0, 0.1) is 6.92 Å². The number of carbonyl (C=O) groups excluding carboxylic acids is 1. The molecule has 0 saturated carbocycles. The largest absolute Gasteiger partial charge is 0.493 e. The Bertz CT molecular complexity index is 961. The second kappa shape index (κ2) is 9.42. The lowest BCUT2D eigenvalue weighted by Crippen LogP contribution is -2.18. The van der Waals surface area contributed by atoms with Gasteiger partial charge < -0.3 is 14.2 Å². The first-order chi connectivity index (χ1) is 13.7. The Kier molecular flexibility index (Phi) is 6.47. The van der Waals surface area contributed by atoms with E-state index < -0.39 is 5.97 Å². The monoisotopic (exact) mass is 374 g/mol. The molecule has 4 nitrogen and oxygen atoms in total. The lowest BCUT2D eigenvalue weighted by Gasteiger charge is -2.11. The van der Waals surface area contributed by atoms with E-state index in [9.17, 15) is 4.79 Å². The third-order valence-electron chi connectivity index (χ3n) is 4.12. The van der Waals surface area contributed by atoms with E-state index in [2.05, 4.69) is 0 Å². The van der Waals surface area contributed by atoms with Crippen molar-refractivity contribution < 1.29 is 19.0 Å². The van der Waals surface area contributed by atoms with Gasteiger partial charge in [-0.15, -0.1) is 0 Å². The predicted octanol–water partition coefficient (Wildman–Crippen LogP) is 5.16. The lowest BCUT2D eigenvalue weighted by molar-refractivity contribution is -0.136. The summed E-state index contributed by atoms with van der Waals surface area (Å²) >= 11 is 0. The second-order valence-corrected chi connectivity index (χ2v) is 6.18. The van der Waals surface area contributed by atoms with Crippen molar-refractivity contribution in [1.82, 2.24) is 0 Å². The molecule has 0 aliphatic carbocycles. The van der Waals surface area contributed by atoms with Crippen LogP contribution >= 0.6 is 0 Å². The van der Waals surface area contributed by atoms with Crippen molar-refractivity contribution in [3.05, 3.63) is 89.5 Å². The highest BCUT2D eigenvalue weighted by atomic mass is 16.6. The van der Waals surface area contributed by atoms with E-state index in [4.69, 9.17) is 14.2 Å². The summed E-state index contributed by atoms with van der Waals surface area (Å²) in [5, 5.41) is 0. The SMILES string of the molecule is COc1cc(/C=C/c2ccccc2)ccc1OC(=O)COc1ccccc1C. The zero-order valence-electron chi connectivity index (χ0n) is 15.9. The average Bonchev–Trinajstić information content (AvgIpc) is 2.73. The molecule has 3 rings (SSSR count). The molecule has 0 N–H and O–H groups in total. The molecule has 0 fully saturated rings. The van der Waals surface area contributed by atoms with Crippen LogP contribution in [0.4, 0.5) is 0 Å². The van der Waals surface area contributed by atoms with Gasteiger partial charge in [0.2, 0.25) is 0 Å². The molecule has 0 spiro atoms. The van der Waals surface area contributed by atoms with Crippen LogP contribution in [0.15, 0.2) is 72.8 Å². The average molecular weight is 374 g/mol. The van der Waals surface area contributed by atoms with Gasteiger partial charge in [-0.25, -0.2) is 4.79 Å². The highest BCUT2D eigenvalue weighted by molar-refractivity contribution is 5.76. The van der Waals surface area contributed by atoms with E-state index in [1.165, 1.54) is 0 Å². The molecule has 0 radical (unpaired) electrons. The quantitative estimate of drug-likeness (QED) is 0.326. The molecule has 3 aromatic rings. The number of esters is 1. The maximum absolute atomic E-state index is 12.1. The summed E-state index contributed by atoms with van der Waals surface area (Å²) in [6.45, 7) is 1.75. The fourth-order valence-electron chi connectivity index (χ4n) is 2.64. The summed E-state index contributed by atoms with van der Waals surface area (Å²) in [6, 6.07) is 22.9. The number of rotatable bonds is 7. The summed E-state index contributed by atoms with van der Waals surface area (Å²) in [4.78, 5) is 12.1. The molecular weight excluding hydrogens is 352 g/mol. The van der Waals surface area contributed by atoms with Crippen molar-refractivity contribution in [2.45, 2.75) is 6.92 Å². The van der Waals surface area contributed by atoms with Gasteiger partial charge in [0.25, 0.3) is 0 Å². The maximum atomic E-state index is 12.1. The van der Waals surface area contributed by atoms with E-state index in [1.807, 2.05) is 85.8 Å². The first-order valence-corrected chi connectivity index (χ1v) is 8.96. The maximum Gasteiger partial charge on any atom is 0.349 e. The molecule has 0 saturated heterocycles. The molecule has 3 aromatic carbocycles. The van der Waals surface area contributed by atoms with Crippen LogP contribution < -0.4 is 14.2 Å². The molecule has 142 valence electrons. The highest BCUT2D eigenvalue weighted by Crippen LogP contribution is 2.29. The molecule has 0 aromatic heterocycles. The van der Waals surface area contributed by atoms with E-state index in [1.54, 1.807) is 13.2 Å². The fraction of sp³-hybridized carbons (Fsp3) is 0.125. The predicted molar refractivity (Wildman–Crippen MR) is 111 cm³/mol. The number of para-hydroxylation sites is 1. The van der Waals surface area contributed by atoms with Crippen molar-refractivity contribution in [1.29, 1.82) is 0 Å². The minimum atomic E-state index is -0.492. The van der Waals surface area contributed by atoms with Crippen molar-refractivity contribution in [3.63, 3.8) is 0 Å². The van der Waals surface area contributed by atoms with Crippen LogP contribution in [0.5, 0.6) is 17.2 Å². The Labute approximate surface area is 165 Å². The van der Waals surface area contributed by atoms with E-state index in [0.29, 0.717) is 17.2 Å². The summed E-state index contributed by atoms with van der Waals surface area (Å²) < 4.78 is 16.3. The van der Waals surface area contributed by atoms with Gasteiger partial charge in [-0.3, -0.25) is 0 Å². The normalized spacial score (nSPS) is 10.6. The number of hydrogen-bond acceptors (Lipinski definition) is 4. The Balaban J connectivity index is 1.64. The summed E-state index contributed by atoms with van der Waals surface area (Å²) in [5.41, 5.74) is 3.00. The zero-order chi connectivity index (χ0) is 19.8. The third-order valence-corrected chi connectivity index (χ3v) is 4.12. The minimum absolute atomic E-state index is 0.177. The van der Waals surface area contributed by atoms with Crippen LogP contribution in [0.2, 0.25) is 0 Å². The van der Waals surface area contributed by atoms with Crippen molar-refractivity contribution in [3.8, 4) is 17.2 Å². The molecule has 0 unspecified atom stereocenters. The Morgan fingerprint density at radius 3 is 2.29 bits per heavy atom. The molecule has 4 heteroatoms. The van der Waals surface area contributed by atoms with Crippen LogP contribution in [0.25, 0.3) is 12.2 Å². The van der Waals surface area contributed by atoms with Crippen molar-refractivity contribution >= 4 is 18.1 Å². The number of benzene rings is 3. The Hall–Kier alpha value is -3.53. The van der Waals surface area contributed by atoms with Crippen LogP contribution in [-0.4, -0.2) is 19.7 Å². The number of aryl methyl sites for hydroxylation is 1. The van der Waals surface area contributed by atoms with Gasteiger partial charge in [0.05, 0.1) is 7.11 Å². The summed E-state index contributed by atoms with van der Waals surface area (Å²) in [5.74, 6) is 1.01. The van der Waals surface area contributed by atoms with Crippen molar-refractivity contribution in [2.24, 2.45) is 0 Å². The van der Waals surface area contributed by atoms with Crippen LogP contribution in [0.3, 0.4) is 0 Å². The van der Waals surface area contributed by atoms with E-state index in [-0.39, 0.29) is 6.61 Å². The summed E-state index contributed by atoms with van der Waals surface area (Å²) in [7, 11) is 1.54. The first kappa shape index (κ1) is 19.2. The van der Waals surface area contributed by atoms with Gasteiger partial charge >= 0.3 is 5.97 Å². The first-order valence-electron chi connectivity index (χ1n) is 8.96. The van der Waals surface area contributed by atoms with Gasteiger partial charge in [0.1, 0.15) is 5.75 Å². The van der Waals surface area contributed by atoms with Gasteiger partial charge in [-0.05, 0) is 41.8 Å². The van der Waals surface area contributed by atoms with E-state index in [0.717, 1.165) is 16.7 Å². The van der Waals surface area contributed by atoms with Gasteiger partial charge in [0, 0.05) is 0 Å². The number of methoxy groups -OCH3 is 1. The van der Waals surface area contributed by atoms with Gasteiger partial charge in [-0.1, -0.05) is 66.7 Å². The number of carbonyl (C=O) groups is 1. The van der Waals surface area contributed by atoms with Crippen molar-refractivity contribution in [2.75, 3.05) is 13.7 Å². The molecule has 0 aliphatic heterocycles. The van der Waals surface area contributed by atoms with Gasteiger partial charge in [0.15, 0.2) is 18.1 Å². The summed E-state index contributed by atoms with van der Waals surface area (Å²) in [6.07, 6.45) is 3.99.